The minimum absolute atomic E-state index is 0.179. The van der Waals surface area contributed by atoms with E-state index in [4.69, 9.17) is 0 Å². The van der Waals surface area contributed by atoms with E-state index in [1.54, 1.807) is 6.07 Å². The highest BCUT2D eigenvalue weighted by molar-refractivity contribution is 9.10. The van der Waals surface area contributed by atoms with Crippen molar-refractivity contribution in [1.29, 1.82) is 0 Å². The molecule has 0 amide bonds. The van der Waals surface area contributed by atoms with Gasteiger partial charge in [-0.2, -0.15) is 0 Å². The van der Waals surface area contributed by atoms with Gasteiger partial charge in [0.2, 0.25) is 0 Å². The van der Waals surface area contributed by atoms with Crippen molar-refractivity contribution in [3.63, 3.8) is 0 Å². The molecule has 0 bridgehead atoms. The third-order valence-corrected chi connectivity index (χ3v) is 3.31. The van der Waals surface area contributed by atoms with E-state index in [9.17, 15) is 4.39 Å². The Labute approximate surface area is 104 Å². The van der Waals surface area contributed by atoms with Crippen LogP contribution in [0.4, 0.5) is 4.39 Å². The molecule has 0 radical (unpaired) electrons. The van der Waals surface area contributed by atoms with Gasteiger partial charge in [0.15, 0.2) is 0 Å². The summed E-state index contributed by atoms with van der Waals surface area (Å²) in [6.45, 7) is 1.07. The molecule has 3 heteroatoms. The largest absolute Gasteiger partial charge is 0.311 e. The number of rotatable bonds is 2. The predicted octanol–water partition coefficient (Wildman–Crippen LogP) is 3.74. The first kappa shape index (κ1) is 11.8. The molecule has 0 aliphatic carbocycles. The predicted molar refractivity (Wildman–Crippen MR) is 68.8 cm³/mol. The molecular formula is C13H15BrFN. The summed E-state index contributed by atoms with van der Waals surface area (Å²) in [5.41, 5.74) is 0.649. The second-order valence-corrected chi connectivity index (χ2v) is 5.00. The van der Waals surface area contributed by atoms with Crippen LogP contribution in [0.3, 0.4) is 0 Å². The van der Waals surface area contributed by atoms with E-state index in [1.165, 1.54) is 18.9 Å². The molecular weight excluding hydrogens is 269 g/mol. The minimum atomic E-state index is -0.179. The van der Waals surface area contributed by atoms with E-state index in [2.05, 4.69) is 27.3 Å². The summed E-state index contributed by atoms with van der Waals surface area (Å²) in [5.74, 6) is -0.179. The molecule has 1 aliphatic rings. The number of piperidine rings is 1. The molecule has 1 aromatic carbocycles. The molecule has 16 heavy (non-hydrogen) atoms. The Morgan fingerprint density at radius 2 is 2.25 bits per heavy atom. The second kappa shape index (κ2) is 5.60. The van der Waals surface area contributed by atoms with Gasteiger partial charge in [0.25, 0.3) is 0 Å². The van der Waals surface area contributed by atoms with Gasteiger partial charge < -0.3 is 5.32 Å². The highest BCUT2D eigenvalue weighted by Crippen LogP contribution is 2.17. The van der Waals surface area contributed by atoms with Crippen LogP contribution in [0.25, 0.3) is 6.08 Å². The minimum Gasteiger partial charge on any atom is -0.311 e. The Hall–Kier alpha value is -0.670. The van der Waals surface area contributed by atoms with Crippen molar-refractivity contribution in [2.75, 3.05) is 6.54 Å². The van der Waals surface area contributed by atoms with E-state index in [-0.39, 0.29) is 5.82 Å². The second-order valence-electron chi connectivity index (χ2n) is 4.08. The summed E-state index contributed by atoms with van der Waals surface area (Å²) in [4.78, 5) is 0. The highest BCUT2D eigenvalue weighted by Gasteiger charge is 2.08. The monoisotopic (exact) mass is 283 g/mol. The molecule has 1 saturated heterocycles. The van der Waals surface area contributed by atoms with Crippen molar-refractivity contribution in [2.24, 2.45) is 0 Å². The lowest BCUT2D eigenvalue weighted by molar-refractivity contribution is 0.455. The van der Waals surface area contributed by atoms with Crippen LogP contribution >= 0.6 is 15.9 Å². The zero-order valence-electron chi connectivity index (χ0n) is 9.05. The lowest BCUT2D eigenvalue weighted by Gasteiger charge is -2.20. The maximum Gasteiger partial charge on any atom is 0.131 e. The number of halogens is 2. The summed E-state index contributed by atoms with van der Waals surface area (Å²) < 4.78 is 14.3. The fraction of sp³-hybridized carbons (Fsp3) is 0.385. The van der Waals surface area contributed by atoms with Crippen molar-refractivity contribution >= 4 is 22.0 Å². The molecule has 0 spiro atoms. The van der Waals surface area contributed by atoms with Crippen LogP contribution in [-0.2, 0) is 0 Å². The van der Waals surface area contributed by atoms with Gasteiger partial charge in [0, 0.05) is 16.1 Å². The van der Waals surface area contributed by atoms with Crippen LogP contribution in [0.2, 0.25) is 0 Å². The zero-order chi connectivity index (χ0) is 11.4. The normalized spacial score (nSPS) is 21.5. The molecule has 0 saturated carbocycles. The SMILES string of the molecule is Fc1cc(Br)ccc1/C=C/C1CCCCN1. The average Bonchev–Trinajstić information content (AvgIpc) is 2.29. The van der Waals surface area contributed by atoms with Gasteiger partial charge in [-0.05, 0) is 31.5 Å². The average molecular weight is 284 g/mol. The first-order valence-electron chi connectivity index (χ1n) is 5.62. The lowest BCUT2D eigenvalue weighted by Crippen LogP contribution is -2.31. The molecule has 1 N–H and O–H groups in total. The van der Waals surface area contributed by atoms with Gasteiger partial charge in [-0.25, -0.2) is 4.39 Å². The molecule has 0 aromatic heterocycles. The molecule has 1 aliphatic heterocycles. The first-order chi connectivity index (χ1) is 7.75. The van der Waals surface area contributed by atoms with Gasteiger partial charge in [-0.1, -0.05) is 40.6 Å². The molecule has 86 valence electrons. The smallest absolute Gasteiger partial charge is 0.131 e. The van der Waals surface area contributed by atoms with Crippen LogP contribution in [-0.4, -0.2) is 12.6 Å². The van der Waals surface area contributed by atoms with Gasteiger partial charge in [0.05, 0.1) is 0 Å². The number of hydrogen-bond donors (Lipinski definition) is 1. The number of hydrogen-bond acceptors (Lipinski definition) is 1. The van der Waals surface area contributed by atoms with Crippen LogP contribution in [0.5, 0.6) is 0 Å². The van der Waals surface area contributed by atoms with Crippen molar-refractivity contribution in [3.05, 3.63) is 40.1 Å². The third-order valence-electron chi connectivity index (χ3n) is 2.82. The molecule has 1 unspecified atom stereocenters. The van der Waals surface area contributed by atoms with Crippen LogP contribution in [0, 0.1) is 5.82 Å². The third kappa shape index (κ3) is 3.16. The Kier molecular flexibility index (Phi) is 4.13. The maximum absolute atomic E-state index is 13.5. The summed E-state index contributed by atoms with van der Waals surface area (Å²) in [6, 6.07) is 5.54. The topological polar surface area (TPSA) is 12.0 Å². The van der Waals surface area contributed by atoms with Crippen LogP contribution in [0.1, 0.15) is 24.8 Å². The summed E-state index contributed by atoms with van der Waals surface area (Å²) in [6.07, 6.45) is 7.58. The summed E-state index contributed by atoms with van der Waals surface area (Å²) in [5, 5.41) is 3.40. The molecule has 1 heterocycles. The van der Waals surface area contributed by atoms with Crippen molar-refractivity contribution < 1.29 is 4.39 Å². The van der Waals surface area contributed by atoms with Crippen molar-refractivity contribution in [2.45, 2.75) is 25.3 Å². The number of benzene rings is 1. The quantitative estimate of drug-likeness (QED) is 0.872. The van der Waals surface area contributed by atoms with Crippen LogP contribution in [0.15, 0.2) is 28.7 Å². The van der Waals surface area contributed by atoms with Gasteiger partial charge in [-0.15, -0.1) is 0 Å². The fourth-order valence-electron chi connectivity index (χ4n) is 1.90. The summed E-state index contributed by atoms with van der Waals surface area (Å²) >= 11 is 3.25. The van der Waals surface area contributed by atoms with E-state index >= 15 is 0 Å². The van der Waals surface area contributed by atoms with Crippen molar-refractivity contribution in [1.82, 2.24) is 5.32 Å². The molecule has 1 fully saturated rings. The highest BCUT2D eigenvalue weighted by atomic mass is 79.9. The van der Waals surface area contributed by atoms with Gasteiger partial charge in [0.1, 0.15) is 5.82 Å². The first-order valence-corrected chi connectivity index (χ1v) is 6.41. The van der Waals surface area contributed by atoms with E-state index < -0.39 is 0 Å². The lowest BCUT2D eigenvalue weighted by atomic mass is 10.0. The van der Waals surface area contributed by atoms with E-state index in [0.717, 1.165) is 17.4 Å². The van der Waals surface area contributed by atoms with Gasteiger partial charge in [-0.3, -0.25) is 0 Å². The summed E-state index contributed by atoms with van der Waals surface area (Å²) in [7, 11) is 0. The molecule has 1 nitrogen and oxygen atoms in total. The van der Waals surface area contributed by atoms with E-state index in [0.29, 0.717) is 11.6 Å². The van der Waals surface area contributed by atoms with E-state index in [1.807, 2.05) is 12.1 Å². The molecule has 1 aromatic rings. The Bertz CT molecular complexity index is 384. The Morgan fingerprint density at radius 3 is 2.94 bits per heavy atom. The Morgan fingerprint density at radius 1 is 1.38 bits per heavy atom. The van der Waals surface area contributed by atoms with Crippen LogP contribution < -0.4 is 5.32 Å². The maximum atomic E-state index is 13.5. The fourth-order valence-corrected chi connectivity index (χ4v) is 2.23. The molecule has 2 rings (SSSR count). The number of nitrogens with one attached hydrogen (secondary N) is 1. The Balaban J connectivity index is 2.04. The molecule has 1 atom stereocenters. The zero-order valence-corrected chi connectivity index (χ0v) is 10.6. The van der Waals surface area contributed by atoms with Gasteiger partial charge >= 0.3 is 0 Å². The standard InChI is InChI=1S/C13H15BrFN/c14-11-6-4-10(13(15)9-11)5-7-12-3-1-2-8-16-12/h4-7,9,12,16H,1-3,8H2/b7-5+. The van der Waals surface area contributed by atoms with Crippen molar-refractivity contribution in [3.8, 4) is 0 Å².